The molecule has 1 aromatic rings. The molecule has 14 heavy (non-hydrogen) atoms. The Morgan fingerprint density at radius 2 is 1.57 bits per heavy atom. The Kier molecular flexibility index (Phi) is 3.08. The molecule has 0 aliphatic rings. The molecule has 1 rings (SSSR count). The van der Waals surface area contributed by atoms with Crippen LogP contribution in [0.2, 0.25) is 0 Å². The van der Waals surface area contributed by atoms with Crippen molar-refractivity contribution < 1.29 is 0 Å². The number of rotatable bonds is 3. The number of aryl methyl sites for hydroxylation is 2. The Bertz CT molecular complexity index is 286. The van der Waals surface area contributed by atoms with Crippen molar-refractivity contribution in [2.75, 3.05) is 0 Å². The van der Waals surface area contributed by atoms with E-state index in [4.69, 9.17) is 0 Å². The van der Waals surface area contributed by atoms with E-state index in [1.807, 2.05) is 0 Å². The van der Waals surface area contributed by atoms with Crippen molar-refractivity contribution in [3.8, 4) is 0 Å². The molecule has 0 saturated carbocycles. The van der Waals surface area contributed by atoms with Crippen molar-refractivity contribution in [2.24, 2.45) is 11.3 Å². The molecule has 0 aliphatic carbocycles. The van der Waals surface area contributed by atoms with Gasteiger partial charge in [-0.25, -0.2) is 0 Å². The Morgan fingerprint density at radius 1 is 1.14 bits per heavy atom. The van der Waals surface area contributed by atoms with Crippen LogP contribution in [0.15, 0.2) is 12.1 Å². The molecular weight excluding hydrogens is 170 g/mol. The van der Waals surface area contributed by atoms with E-state index in [1.165, 1.54) is 11.4 Å². The number of aromatic nitrogens is 1. The number of hydrogen-bond acceptors (Lipinski definition) is 0. The van der Waals surface area contributed by atoms with Gasteiger partial charge in [0, 0.05) is 17.9 Å². The van der Waals surface area contributed by atoms with Crippen LogP contribution in [0.1, 0.15) is 39.1 Å². The highest BCUT2D eigenvalue weighted by molar-refractivity contribution is 5.13. The third kappa shape index (κ3) is 2.20. The third-order valence-electron chi connectivity index (χ3n) is 3.55. The quantitative estimate of drug-likeness (QED) is 0.688. The van der Waals surface area contributed by atoms with Gasteiger partial charge in [0.25, 0.3) is 0 Å². The number of hydrogen-bond donors (Lipinski definition) is 0. The lowest BCUT2D eigenvalue weighted by atomic mass is 9.81. The van der Waals surface area contributed by atoms with E-state index >= 15 is 0 Å². The molecule has 0 fully saturated rings. The van der Waals surface area contributed by atoms with Crippen molar-refractivity contribution in [3.05, 3.63) is 23.5 Å². The van der Waals surface area contributed by atoms with Gasteiger partial charge in [0.1, 0.15) is 0 Å². The van der Waals surface area contributed by atoms with Gasteiger partial charge in [-0.1, -0.05) is 27.7 Å². The van der Waals surface area contributed by atoms with Gasteiger partial charge in [-0.2, -0.15) is 0 Å². The van der Waals surface area contributed by atoms with E-state index < -0.39 is 0 Å². The lowest BCUT2D eigenvalue weighted by molar-refractivity contribution is 0.207. The minimum Gasteiger partial charge on any atom is -0.349 e. The van der Waals surface area contributed by atoms with Gasteiger partial charge in [-0.05, 0) is 37.3 Å². The van der Waals surface area contributed by atoms with Crippen LogP contribution in [0.3, 0.4) is 0 Å². The Labute approximate surface area is 88.1 Å². The van der Waals surface area contributed by atoms with Crippen LogP contribution >= 0.6 is 0 Å². The highest BCUT2D eigenvalue weighted by atomic mass is 15.0. The average molecular weight is 193 g/mol. The second-order valence-electron chi connectivity index (χ2n) is 5.35. The minimum absolute atomic E-state index is 0.370. The van der Waals surface area contributed by atoms with E-state index in [1.54, 1.807) is 0 Å². The SMILES string of the molecule is Cc1ccc(C)n1CC(C)(C)C(C)C. The van der Waals surface area contributed by atoms with Gasteiger partial charge in [-0.15, -0.1) is 0 Å². The van der Waals surface area contributed by atoms with Crippen molar-refractivity contribution in [1.82, 2.24) is 4.57 Å². The van der Waals surface area contributed by atoms with E-state index in [2.05, 4.69) is 58.2 Å². The second-order valence-corrected chi connectivity index (χ2v) is 5.35. The summed E-state index contributed by atoms with van der Waals surface area (Å²) >= 11 is 0. The summed E-state index contributed by atoms with van der Waals surface area (Å²) in [6, 6.07) is 4.40. The summed E-state index contributed by atoms with van der Waals surface area (Å²) in [5.41, 5.74) is 3.11. The Morgan fingerprint density at radius 3 is 1.93 bits per heavy atom. The van der Waals surface area contributed by atoms with Gasteiger partial charge in [-0.3, -0.25) is 0 Å². The molecule has 0 bridgehead atoms. The van der Waals surface area contributed by atoms with E-state index in [0.717, 1.165) is 6.54 Å². The summed E-state index contributed by atoms with van der Waals surface area (Å²) in [6.45, 7) is 14.8. The van der Waals surface area contributed by atoms with Crippen LogP contribution in [-0.2, 0) is 6.54 Å². The van der Waals surface area contributed by atoms with Gasteiger partial charge in [0.15, 0.2) is 0 Å². The van der Waals surface area contributed by atoms with Gasteiger partial charge >= 0.3 is 0 Å². The maximum Gasteiger partial charge on any atom is 0.0278 e. The summed E-state index contributed by atoms with van der Waals surface area (Å²) in [7, 11) is 0. The fourth-order valence-corrected chi connectivity index (χ4v) is 1.54. The number of nitrogens with zero attached hydrogens (tertiary/aromatic N) is 1. The Balaban J connectivity index is 2.88. The molecule has 1 heteroatoms. The highest BCUT2D eigenvalue weighted by Gasteiger charge is 2.23. The molecule has 0 atom stereocenters. The zero-order valence-corrected chi connectivity index (χ0v) is 10.4. The third-order valence-corrected chi connectivity index (χ3v) is 3.55. The molecule has 0 spiro atoms. The van der Waals surface area contributed by atoms with Crippen LogP contribution in [0.25, 0.3) is 0 Å². The van der Waals surface area contributed by atoms with E-state index in [9.17, 15) is 0 Å². The lowest BCUT2D eigenvalue weighted by Crippen LogP contribution is -2.26. The topological polar surface area (TPSA) is 4.93 Å². The van der Waals surface area contributed by atoms with Crippen LogP contribution in [0.4, 0.5) is 0 Å². The first-order valence-electron chi connectivity index (χ1n) is 5.47. The van der Waals surface area contributed by atoms with Crippen LogP contribution in [0, 0.1) is 25.2 Å². The van der Waals surface area contributed by atoms with Crippen LogP contribution < -0.4 is 0 Å². The maximum absolute atomic E-state index is 2.42. The first kappa shape index (κ1) is 11.4. The van der Waals surface area contributed by atoms with Gasteiger partial charge < -0.3 is 4.57 Å². The molecule has 1 nitrogen and oxygen atoms in total. The fourth-order valence-electron chi connectivity index (χ4n) is 1.54. The van der Waals surface area contributed by atoms with E-state index in [-0.39, 0.29) is 0 Å². The molecule has 80 valence electrons. The molecule has 0 N–H and O–H groups in total. The predicted molar refractivity (Wildman–Crippen MR) is 62.5 cm³/mol. The lowest BCUT2D eigenvalue weighted by Gasteiger charge is -2.31. The molecule has 1 aromatic heterocycles. The van der Waals surface area contributed by atoms with Crippen LogP contribution in [0.5, 0.6) is 0 Å². The maximum atomic E-state index is 2.42. The fraction of sp³-hybridized carbons (Fsp3) is 0.692. The summed E-state index contributed by atoms with van der Waals surface area (Å²) in [6.07, 6.45) is 0. The smallest absolute Gasteiger partial charge is 0.0278 e. The summed E-state index contributed by atoms with van der Waals surface area (Å²) in [5, 5.41) is 0. The van der Waals surface area contributed by atoms with Crippen molar-refractivity contribution in [3.63, 3.8) is 0 Å². The molecule has 0 aliphatic heterocycles. The minimum atomic E-state index is 0.370. The highest BCUT2D eigenvalue weighted by Crippen LogP contribution is 2.29. The summed E-state index contributed by atoms with van der Waals surface area (Å²) in [5.74, 6) is 0.712. The normalized spacial score (nSPS) is 12.5. The van der Waals surface area contributed by atoms with Crippen molar-refractivity contribution >= 4 is 0 Å². The molecule has 0 radical (unpaired) electrons. The second kappa shape index (κ2) is 3.80. The molecule has 0 amide bonds. The van der Waals surface area contributed by atoms with Gasteiger partial charge in [0.05, 0.1) is 0 Å². The monoisotopic (exact) mass is 193 g/mol. The first-order valence-corrected chi connectivity index (χ1v) is 5.47. The van der Waals surface area contributed by atoms with Crippen molar-refractivity contribution in [2.45, 2.75) is 48.1 Å². The van der Waals surface area contributed by atoms with Gasteiger partial charge in [0.2, 0.25) is 0 Å². The summed E-state index contributed by atoms with van der Waals surface area (Å²) in [4.78, 5) is 0. The molecule has 0 unspecified atom stereocenters. The van der Waals surface area contributed by atoms with Crippen LogP contribution in [-0.4, -0.2) is 4.57 Å². The zero-order valence-electron chi connectivity index (χ0n) is 10.4. The molecule has 0 aromatic carbocycles. The predicted octanol–water partition coefficient (Wildman–Crippen LogP) is 3.79. The molecular formula is C13H23N. The standard InChI is InChI=1S/C13H23N/c1-10(2)13(5,6)9-14-11(3)7-8-12(14)4/h7-8,10H,9H2,1-6H3. The van der Waals surface area contributed by atoms with E-state index in [0.29, 0.717) is 11.3 Å². The molecule has 1 heterocycles. The first-order chi connectivity index (χ1) is 6.34. The Hall–Kier alpha value is -0.720. The average Bonchev–Trinajstić information content (AvgIpc) is 2.35. The van der Waals surface area contributed by atoms with Crippen molar-refractivity contribution in [1.29, 1.82) is 0 Å². The largest absolute Gasteiger partial charge is 0.349 e. The summed E-state index contributed by atoms with van der Waals surface area (Å²) < 4.78 is 2.42. The zero-order chi connectivity index (χ0) is 10.9. The molecule has 0 saturated heterocycles.